The SMILES string of the molecule is CCCCc1cn(C2CCCCCC2CC)c(=O)n1Cc1ccc(-c2ccccc2-c2nnn[nH]2)nc1. The van der Waals surface area contributed by atoms with Gasteiger partial charge in [-0.05, 0) is 53.7 Å². The Morgan fingerprint density at radius 1 is 1.03 bits per heavy atom. The van der Waals surface area contributed by atoms with E-state index in [0.29, 0.717) is 24.3 Å². The zero-order chi connectivity index (χ0) is 25.6. The van der Waals surface area contributed by atoms with Crippen molar-refractivity contribution >= 4 is 0 Å². The van der Waals surface area contributed by atoms with Crippen LogP contribution < -0.4 is 5.69 Å². The lowest BCUT2D eigenvalue weighted by Crippen LogP contribution is -2.31. The molecule has 0 spiro atoms. The number of pyridine rings is 1. The molecule has 1 fully saturated rings. The molecule has 2 unspecified atom stereocenters. The number of aryl methyl sites for hydroxylation is 1. The molecule has 1 aliphatic rings. The van der Waals surface area contributed by atoms with Crippen molar-refractivity contribution in [1.29, 1.82) is 0 Å². The Morgan fingerprint density at radius 3 is 2.59 bits per heavy atom. The van der Waals surface area contributed by atoms with Crippen molar-refractivity contribution in [2.75, 3.05) is 0 Å². The van der Waals surface area contributed by atoms with Gasteiger partial charge in [0.15, 0.2) is 5.82 Å². The van der Waals surface area contributed by atoms with E-state index in [9.17, 15) is 4.79 Å². The van der Waals surface area contributed by atoms with Crippen LogP contribution in [0.25, 0.3) is 22.6 Å². The standard InChI is InChI=1S/C29H37N7O/c1-3-5-12-23-20-36(27-15-8-6-7-11-22(27)4-2)29(37)35(23)19-21-16-17-26(30-18-21)24-13-9-10-14-25(24)28-31-33-34-32-28/h9-10,13-14,16-18,20,22,27H,3-8,11-12,15,19H2,1-2H3,(H,31,32,33,34). The van der Waals surface area contributed by atoms with Gasteiger partial charge in [0.05, 0.1) is 12.2 Å². The summed E-state index contributed by atoms with van der Waals surface area (Å²) in [5.74, 6) is 1.19. The van der Waals surface area contributed by atoms with E-state index < -0.39 is 0 Å². The lowest BCUT2D eigenvalue weighted by molar-refractivity contribution is 0.294. The number of aromatic nitrogens is 7. The first-order valence-corrected chi connectivity index (χ1v) is 13.8. The van der Waals surface area contributed by atoms with Crippen LogP contribution in [0.3, 0.4) is 0 Å². The van der Waals surface area contributed by atoms with Crippen molar-refractivity contribution in [2.24, 2.45) is 5.92 Å². The first-order valence-electron chi connectivity index (χ1n) is 13.8. The number of unbranched alkanes of at least 4 members (excludes halogenated alkanes) is 1. The third kappa shape index (κ3) is 5.43. The summed E-state index contributed by atoms with van der Waals surface area (Å²) in [5.41, 5.74) is 4.99. The quantitative estimate of drug-likeness (QED) is 0.293. The van der Waals surface area contributed by atoms with Gasteiger partial charge in [-0.15, -0.1) is 5.10 Å². The van der Waals surface area contributed by atoms with Crippen molar-refractivity contribution < 1.29 is 0 Å². The molecular formula is C29H37N7O. The fourth-order valence-corrected chi connectivity index (χ4v) is 5.77. The zero-order valence-electron chi connectivity index (χ0n) is 21.9. The summed E-state index contributed by atoms with van der Waals surface area (Å²) in [6, 6.07) is 12.3. The van der Waals surface area contributed by atoms with E-state index in [-0.39, 0.29) is 5.69 Å². The molecule has 3 aromatic heterocycles. The van der Waals surface area contributed by atoms with Crippen LogP contribution in [0.15, 0.2) is 53.6 Å². The molecule has 0 saturated heterocycles. The summed E-state index contributed by atoms with van der Waals surface area (Å²) in [6.07, 6.45) is 14.4. The maximum Gasteiger partial charge on any atom is 0.328 e. The van der Waals surface area contributed by atoms with E-state index in [4.69, 9.17) is 4.98 Å². The molecule has 8 nitrogen and oxygen atoms in total. The molecule has 194 valence electrons. The number of nitrogens with one attached hydrogen (secondary N) is 1. The van der Waals surface area contributed by atoms with Gasteiger partial charge in [0.25, 0.3) is 0 Å². The Kier molecular flexibility index (Phi) is 7.92. The minimum absolute atomic E-state index is 0.128. The smallest absolute Gasteiger partial charge is 0.296 e. The van der Waals surface area contributed by atoms with Gasteiger partial charge in [-0.25, -0.2) is 9.89 Å². The molecule has 1 aromatic carbocycles. The van der Waals surface area contributed by atoms with Crippen LogP contribution in [0, 0.1) is 5.92 Å². The van der Waals surface area contributed by atoms with Crippen molar-refractivity contribution in [3.63, 3.8) is 0 Å². The predicted octanol–water partition coefficient (Wildman–Crippen LogP) is 5.81. The Balaban J connectivity index is 1.44. The minimum Gasteiger partial charge on any atom is -0.296 e. The topological polar surface area (TPSA) is 94.3 Å². The Bertz CT molecular complexity index is 1340. The highest BCUT2D eigenvalue weighted by Gasteiger charge is 2.27. The van der Waals surface area contributed by atoms with E-state index in [0.717, 1.165) is 60.2 Å². The highest BCUT2D eigenvalue weighted by molar-refractivity contribution is 5.78. The molecule has 1 saturated carbocycles. The van der Waals surface area contributed by atoms with Crippen LogP contribution in [-0.4, -0.2) is 34.7 Å². The number of imidazole rings is 1. The summed E-state index contributed by atoms with van der Waals surface area (Å²) in [5, 5.41) is 14.3. The number of aromatic amines is 1. The lowest BCUT2D eigenvalue weighted by atomic mass is 9.92. The Morgan fingerprint density at radius 2 is 1.86 bits per heavy atom. The Hall–Kier alpha value is -3.55. The van der Waals surface area contributed by atoms with Gasteiger partial charge >= 0.3 is 5.69 Å². The van der Waals surface area contributed by atoms with E-state index in [2.05, 4.69) is 51.3 Å². The molecule has 8 heteroatoms. The molecule has 0 bridgehead atoms. The molecule has 1 N–H and O–H groups in total. The maximum absolute atomic E-state index is 13.8. The third-order valence-corrected chi connectivity index (χ3v) is 7.84. The summed E-state index contributed by atoms with van der Waals surface area (Å²) in [7, 11) is 0. The third-order valence-electron chi connectivity index (χ3n) is 7.84. The van der Waals surface area contributed by atoms with Crippen LogP contribution in [0.5, 0.6) is 0 Å². The fourth-order valence-electron chi connectivity index (χ4n) is 5.77. The molecule has 0 amide bonds. The average Bonchev–Trinajstić information content (AvgIpc) is 3.50. The summed E-state index contributed by atoms with van der Waals surface area (Å²) in [4.78, 5) is 18.5. The Labute approximate surface area is 218 Å². The van der Waals surface area contributed by atoms with Gasteiger partial charge in [-0.3, -0.25) is 14.1 Å². The van der Waals surface area contributed by atoms with Gasteiger partial charge in [-0.1, -0.05) is 76.3 Å². The molecular weight excluding hydrogens is 462 g/mol. The molecule has 37 heavy (non-hydrogen) atoms. The summed E-state index contributed by atoms with van der Waals surface area (Å²) < 4.78 is 4.06. The number of nitrogens with zero attached hydrogens (tertiary/aromatic N) is 6. The van der Waals surface area contributed by atoms with Crippen LogP contribution in [0.1, 0.15) is 82.5 Å². The van der Waals surface area contributed by atoms with Crippen molar-refractivity contribution in [3.8, 4) is 22.6 Å². The highest BCUT2D eigenvalue weighted by atomic mass is 16.1. The monoisotopic (exact) mass is 499 g/mol. The van der Waals surface area contributed by atoms with Gasteiger partial charge in [0, 0.05) is 35.3 Å². The summed E-state index contributed by atoms with van der Waals surface area (Å²) in [6.45, 7) is 5.01. The molecule has 3 heterocycles. The van der Waals surface area contributed by atoms with Crippen molar-refractivity contribution in [3.05, 3.63) is 70.5 Å². The predicted molar refractivity (Wildman–Crippen MR) is 145 cm³/mol. The van der Waals surface area contributed by atoms with Crippen LogP contribution >= 0.6 is 0 Å². The molecule has 1 aliphatic carbocycles. The van der Waals surface area contributed by atoms with Gasteiger partial charge in [0.2, 0.25) is 0 Å². The number of tetrazole rings is 1. The summed E-state index contributed by atoms with van der Waals surface area (Å²) >= 11 is 0. The van der Waals surface area contributed by atoms with Crippen LogP contribution in [0.4, 0.5) is 0 Å². The minimum atomic E-state index is 0.128. The second kappa shape index (κ2) is 11.7. The van der Waals surface area contributed by atoms with Crippen molar-refractivity contribution in [2.45, 2.75) is 84.2 Å². The maximum atomic E-state index is 13.8. The first kappa shape index (κ1) is 25.1. The fraction of sp³-hybridized carbons (Fsp3) is 0.483. The molecule has 0 aliphatic heterocycles. The highest BCUT2D eigenvalue weighted by Crippen LogP contribution is 2.34. The van der Waals surface area contributed by atoms with Crippen LogP contribution in [0.2, 0.25) is 0 Å². The van der Waals surface area contributed by atoms with E-state index in [1.165, 1.54) is 25.7 Å². The normalized spacial score (nSPS) is 18.1. The van der Waals surface area contributed by atoms with Gasteiger partial charge in [-0.2, -0.15) is 0 Å². The second-order valence-corrected chi connectivity index (χ2v) is 10.2. The van der Waals surface area contributed by atoms with Crippen molar-refractivity contribution in [1.82, 2.24) is 34.7 Å². The number of hydrogen-bond donors (Lipinski definition) is 1. The van der Waals surface area contributed by atoms with Crippen LogP contribution in [-0.2, 0) is 13.0 Å². The molecule has 0 radical (unpaired) electrons. The zero-order valence-corrected chi connectivity index (χ0v) is 21.9. The van der Waals surface area contributed by atoms with Gasteiger partial charge in [0.1, 0.15) is 0 Å². The first-order chi connectivity index (χ1) is 18.2. The largest absolute Gasteiger partial charge is 0.328 e. The number of rotatable bonds is 9. The number of hydrogen-bond acceptors (Lipinski definition) is 5. The van der Waals surface area contributed by atoms with E-state index in [1.807, 2.05) is 41.1 Å². The molecule has 4 aromatic rings. The molecule has 5 rings (SSSR count). The van der Waals surface area contributed by atoms with Gasteiger partial charge < -0.3 is 0 Å². The van der Waals surface area contributed by atoms with E-state index in [1.54, 1.807) is 0 Å². The average molecular weight is 500 g/mol. The second-order valence-electron chi connectivity index (χ2n) is 10.2. The molecule has 2 atom stereocenters. The van der Waals surface area contributed by atoms with E-state index >= 15 is 0 Å². The number of H-pyrrole nitrogens is 1. The number of benzene rings is 1. The lowest BCUT2D eigenvalue weighted by Gasteiger charge is -2.24.